The van der Waals surface area contributed by atoms with Crippen molar-refractivity contribution in [3.05, 3.63) is 48.4 Å². The number of rotatable bonds is 5. The number of aliphatic hydroxyl groups is 1. The van der Waals surface area contributed by atoms with E-state index >= 15 is 0 Å². The third kappa shape index (κ3) is 2.75. The maximum Gasteiger partial charge on any atom is 0.160 e. The Bertz CT molecular complexity index is 682. The molecule has 3 aromatic rings. The van der Waals surface area contributed by atoms with Crippen molar-refractivity contribution in [2.24, 2.45) is 0 Å². The number of aromatic nitrogens is 4. The molecule has 6 heteroatoms. The van der Waals surface area contributed by atoms with Gasteiger partial charge in [-0.25, -0.2) is 9.97 Å². The highest BCUT2D eigenvalue weighted by molar-refractivity contribution is 5.85. The van der Waals surface area contributed by atoms with Crippen molar-refractivity contribution in [3.63, 3.8) is 0 Å². The summed E-state index contributed by atoms with van der Waals surface area (Å²) in [6.45, 7) is 0.423. The van der Waals surface area contributed by atoms with Gasteiger partial charge in [0.15, 0.2) is 5.65 Å². The summed E-state index contributed by atoms with van der Waals surface area (Å²) in [5.41, 5.74) is 1.79. The number of hydrogen-bond donors (Lipinski definition) is 3. The summed E-state index contributed by atoms with van der Waals surface area (Å²) < 4.78 is 0. The summed E-state index contributed by atoms with van der Waals surface area (Å²) >= 11 is 0. The molecule has 0 amide bonds. The van der Waals surface area contributed by atoms with Gasteiger partial charge < -0.3 is 10.4 Å². The van der Waals surface area contributed by atoms with Crippen molar-refractivity contribution in [1.29, 1.82) is 0 Å². The van der Waals surface area contributed by atoms with E-state index in [-0.39, 0.29) is 0 Å². The van der Waals surface area contributed by atoms with Gasteiger partial charge in [0.1, 0.15) is 12.1 Å². The lowest BCUT2D eigenvalue weighted by Crippen LogP contribution is -2.22. The maximum absolute atomic E-state index is 10.1. The van der Waals surface area contributed by atoms with Crippen LogP contribution in [0.15, 0.2) is 42.9 Å². The minimum absolute atomic E-state index is 0.423. The summed E-state index contributed by atoms with van der Waals surface area (Å²) in [7, 11) is 0. The Morgan fingerprint density at radius 1 is 1.20 bits per heavy atom. The van der Waals surface area contributed by atoms with Crippen LogP contribution in [0.1, 0.15) is 5.56 Å². The second-order valence-corrected chi connectivity index (χ2v) is 4.58. The zero-order valence-electron chi connectivity index (χ0n) is 10.8. The highest BCUT2D eigenvalue weighted by atomic mass is 16.3. The van der Waals surface area contributed by atoms with E-state index in [1.807, 2.05) is 30.3 Å². The Kier molecular flexibility index (Phi) is 3.56. The molecule has 3 N–H and O–H groups in total. The first-order valence-electron chi connectivity index (χ1n) is 6.43. The SMILES string of the molecule is OC(CNc1ncnc2[nH]ncc12)Cc1ccccc1. The summed E-state index contributed by atoms with van der Waals surface area (Å²) in [5.74, 6) is 0.677. The smallest absolute Gasteiger partial charge is 0.160 e. The van der Waals surface area contributed by atoms with Gasteiger partial charge in [-0.1, -0.05) is 30.3 Å². The minimum atomic E-state index is -0.477. The zero-order chi connectivity index (χ0) is 13.8. The number of benzene rings is 1. The Hall–Kier alpha value is -2.47. The molecule has 0 aliphatic rings. The molecule has 20 heavy (non-hydrogen) atoms. The summed E-state index contributed by atoms with van der Waals surface area (Å²) in [6.07, 6.45) is 3.26. The summed E-state index contributed by atoms with van der Waals surface area (Å²) in [5, 5.41) is 20.7. The van der Waals surface area contributed by atoms with Crippen LogP contribution in [0.2, 0.25) is 0 Å². The Balaban J connectivity index is 1.63. The monoisotopic (exact) mass is 269 g/mol. The second kappa shape index (κ2) is 5.66. The first-order valence-corrected chi connectivity index (χ1v) is 6.43. The van der Waals surface area contributed by atoms with Crippen LogP contribution in [0.25, 0.3) is 11.0 Å². The Morgan fingerprint density at radius 2 is 2.05 bits per heavy atom. The molecule has 3 rings (SSSR count). The standard InChI is InChI=1S/C14H15N5O/c20-11(6-10-4-2-1-3-5-10)7-15-13-12-8-18-19-14(12)17-9-16-13/h1-5,8-9,11,20H,6-7H2,(H2,15,16,17,18,19). The number of H-pyrrole nitrogens is 1. The molecular formula is C14H15N5O. The lowest BCUT2D eigenvalue weighted by atomic mass is 10.1. The minimum Gasteiger partial charge on any atom is -0.391 e. The van der Waals surface area contributed by atoms with E-state index in [4.69, 9.17) is 0 Å². The van der Waals surface area contributed by atoms with Crippen molar-refractivity contribution < 1.29 is 5.11 Å². The molecule has 102 valence electrons. The largest absolute Gasteiger partial charge is 0.391 e. The van der Waals surface area contributed by atoms with Crippen molar-refractivity contribution in [2.75, 3.05) is 11.9 Å². The van der Waals surface area contributed by atoms with Gasteiger partial charge in [0.2, 0.25) is 0 Å². The molecule has 2 aromatic heterocycles. The number of aliphatic hydroxyl groups excluding tert-OH is 1. The molecule has 1 atom stereocenters. The van der Waals surface area contributed by atoms with Crippen LogP contribution < -0.4 is 5.32 Å². The maximum atomic E-state index is 10.1. The van der Waals surface area contributed by atoms with E-state index in [0.717, 1.165) is 10.9 Å². The van der Waals surface area contributed by atoms with Crippen LogP contribution in [-0.4, -0.2) is 37.9 Å². The first-order chi connectivity index (χ1) is 9.83. The predicted molar refractivity (Wildman–Crippen MR) is 76.3 cm³/mol. The van der Waals surface area contributed by atoms with Gasteiger partial charge in [-0.15, -0.1) is 0 Å². The topological polar surface area (TPSA) is 86.7 Å². The highest BCUT2D eigenvalue weighted by Crippen LogP contribution is 2.16. The second-order valence-electron chi connectivity index (χ2n) is 4.58. The first kappa shape index (κ1) is 12.6. The molecule has 0 saturated heterocycles. The van der Waals surface area contributed by atoms with E-state index < -0.39 is 6.10 Å². The Morgan fingerprint density at radius 3 is 2.90 bits per heavy atom. The molecule has 0 aliphatic carbocycles. The van der Waals surface area contributed by atoms with Crippen LogP contribution in [0.4, 0.5) is 5.82 Å². The molecule has 0 bridgehead atoms. The molecular weight excluding hydrogens is 254 g/mol. The van der Waals surface area contributed by atoms with Crippen LogP contribution in [0, 0.1) is 0 Å². The van der Waals surface area contributed by atoms with Gasteiger partial charge in [-0.05, 0) is 5.56 Å². The molecule has 1 aromatic carbocycles. The number of nitrogens with zero attached hydrogens (tertiary/aromatic N) is 3. The molecule has 1 unspecified atom stereocenters. The fourth-order valence-corrected chi connectivity index (χ4v) is 2.08. The summed E-state index contributed by atoms with van der Waals surface area (Å²) in [6, 6.07) is 9.90. The quantitative estimate of drug-likeness (QED) is 0.651. The lowest BCUT2D eigenvalue weighted by Gasteiger charge is -2.12. The molecule has 0 saturated carbocycles. The van der Waals surface area contributed by atoms with Gasteiger partial charge in [0.25, 0.3) is 0 Å². The number of hydrogen-bond acceptors (Lipinski definition) is 5. The molecule has 2 heterocycles. The summed E-state index contributed by atoms with van der Waals surface area (Å²) in [4.78, 5) is 8.23. The van der Waals surface area contributed by atoms with Gasteiger partial charge >= 0.3 is 0 Å². The van der Waals surface area contributed by atoms with E-state index in [0.29, 0.717) is 24.4 Å². The molecule has 0 radical (unpaired) electrons. The van der Waals surface area contributed by atoms with Crippen LogP contribution in [-0.2, 0) is 6.42 Å². The van der Waals surface area contributed by atoms with Crippen molar-refractivity contribution in [3.8, 4) is 0 Å². The molecule has 0 spiro atoms. The van der Waals surface area contributed by atoms with Gasteiger partial charge in [-0.2, -0.15) is 5.10 Å². The van der Waals surface area contributed by atoms with E-state index in [2.05, 4.69) is 25.5 Å². The average Bonchev–Trinajstić information content (AvgIpc) is 2.95. The number of fused-ring (bicyclic) bond motifs is 1. The van der Waals surface area contributed by atoms with Crippen LogP contribution >= 0.6 is 0 Å². The van der Waals surface area contributed by atoms with Crippen LogP contribution in [0.3, 0.4) is 0 Å². The van der Waals surface area contributed by atoms with E-state index in [1.54, 1.807) is 6.20 Å². The normalized spacial score (nSPS) is 12.4. The van der Waals surface area contributed by atoms with E-state index in [9.17, 15) is 5.11 Å². The fraction of sp³-hybridized carbons (Fsp3) is 0.214. The number of anilines is 1. The molecule has 6 nitrogen and oxygen atoms in total. The lowest BCUT2D eigenvalue weighted by molar-refractivity contribution is 0.188. The van der Waals surface area contributed by atoms with Gasteiger partial charge in [0.05, 0.1) is 17.7 Å². The molecule has 0 aliphatic heterocycles. The highest BCUT2D eigenvalue weighted by Gasteiger charge is 2.08. The van der Waals surface area contributed by atoms with Crippen molar-refractivity contribution in [1.82, 2.24) is 20.2 Å². The van der Waals surface area contributed by atoms with Crippen LogP contribution in [0.5, 0.6) is 0 Å². The number of nitrogens with one attached hydrogen (secondary N) is 2. The predicted octanol–water partition coefficient (Wildman–Crippen LogP) is 1.37. The van der Waals surface area contributed by atoms with Gasteiger partial charge in [-0.3, -0.25) is 5.10 Å². The molecule has 0 fully saturated rings. The average molecular weight is 269 g/mol. The van der Waals surface area contributed by atoms with Crippen molar-refractivity contribution in [2.45, 2.75) is 12.5 Å². The van der Waals surface area contributed by atoms with Crippen molar-refractivity contribution >= 4 is 16.9 Å². The number of aromatic amines is 1. The zero-order valence-corrected chi connectivity index (χ0v) is 10.8. The Labute approximate surface area is 115 Å². The third-order valence-corrected chi connectivity index (χ3v) is 3.07. The fourth-order valence-electron chi connectivity index (χ4n) is 2.08. The van der Waals surface area contributed by atoms with E-state index in [1.165, 1.54) is 6.33 Å². The van der Waals surface area contributed by atoms with Gasteiger partial charge in [0, 0.05) is 13.0 Å². The third-order valence-electron chi connectivity index (χ3n) is 3.07.